The maximum atomic E-state index is 14.0. The molecule has 2 saturated heterocycles. The number of benzene rings is 5. The van der Waals surface area contributed by atoms with E-state index in [2.05, 4.69) is 0 Å². The number of thioether (sulfide) groups is 1. The normalized spacial score (nSPS) is 22.8. The van der Waals surface area contributed by atoms with Crippen molar-refractivity contribution in [2.24, 2.45) is 0 Å². The highest BCUT2D eigenvalue weighted by atomic mass is 32.2. The monoisotopic (exact) mass is 902 g/mol. The predicted molar refractivity (Wildman–Crippen MR) is 240 cm³/mol. The lowest BCUT2D eigenvalue weighted by atomic mass is 10.0. The van der Waals surface area contributed by atoms with Gasteiger partial charge in [-0.1, -0.05) is 88.5 Å². The molecular formula is C51H50O13S. The summed E-state index contributed by atoms with van der Waals surface area (Å²) in [7, 11) is 0. The van der Waals surface area contributed by atoms with Crippen molar-refractivity contribution >= 4 is 41.6 Å². The molecule has 0 unspecified atom stereocenters. The van der Waals surface area contributed by atoms with Crippen molar-refractivity contribution in [1.82, 2.24) is 0 Å². The molecule has 7 rings (SSSR count). The van der Waals surface area contributed by atoms with Crippen LogP contribution in [-0.4, -0.2) is 97.7 Å². The molecule has 0 spiro atoms. The van der Waals surface area contributed by atoms with E-state index in [0.717, 1.165) is 27.8 Å². The molecule has 0 radical (unpaired) electrons. The molecule has 0 amide bonds. The number of carbonyl (C=O) groups is 5. The van der Waals surface area contributed by atoms with Crippen LogP contribution in [0.4, 0.5) is 0 Å². The molecule has 2 heterocycles. The van der Waals surface area contributed by atoms with Crippen LogP contribution >= 0.6 is 11.8 Å². The fraction of sp³-hybridized carbons (Fsp3) is 0.314. The minimum Gasteiger partial charge on any atom is -0.452 e. The number of rotatable bonds is 13. The van der Waals surface area contributed by atoms with Crippen LogP contribution in [0.5, 0.6) is 0 Å². The van der Waals surface area contributed by atoms with E-state index in [9.17, 15) is 24.0 Å². The molecule has 2 fully saturated rings. The molecule has 0 N–H and O–H groups in total. The molecule has 65 heavy (non-hydrogen) atoms. The first-order valence-corrected chi connectivity index (χ1v) is 22.3. The average Bonchev–Trinajstić information content (AvgIpc) is 3.30. The van der Waals surface area contributed by atoms with E-state index in [1.807, 2.05) is 34.6 Å². The van der Waals surface area contributed by atoms with Crippen molar-refractivity contribution in [3.05, 3.63) is 177 Å². The summed E-state index contributed by atoms with van der Waals surface area (Å²) < 4.78 is 49.8. The molecular weight excluding hydrogens is 853 g/mol. The first-order chi connectivity index (χ1) is 31.3. The van der Waals surface area contributed by atoms with Crippen molar-refractivity contribution in [2.45, 2.75) is 83.0 Å². The van der Waals surface area contributed by atoms with Crippen molar-refractivity contribution in [2.75, 3.05) is 19.5 Å². The Bertz CT molecular complexity index is 2450. The molecule has 5 aromatic rings. The van der Waals surface area contributed by atoms with Crippen molar-refractivity contribution in [3.63, 3.8) is 0 Å². The van der Waals surface area contributed by atoms with Crippen molar-refractivity contribution in [3.8, 4) is 0 Å². The van der Waals surface area contributed by atoms with Gasteiger partial charge >= 0.3 is 29.8 Å². The van der Waals surface area contributed by atoms with Crippen molar-refractivity contribution in [1.29, 1.82) is 0 Å². The highest BCUT2D eigenvalue weighted by Gasteiger charge is 2.53. The van der Waals surface area contributed by atoms with E-state index in [1.54, 1.807) is 128 Å². The molecule has 2 aliphatic heterocycles. The summed E-state index contributed by atoms with van der Waals surface area (Å²) in [5.74, 6) is -3.82. The van der Waals surface area contributed by atoms with Gasteiger partial charge in [-0.3, -0.25) is 0 Å². The summed E-state index contributed by atoms with van der Waals surface area (Å²) in [5.41, 5.74) is 4.78. The molecule has 338 valence electrons. The summed E-state index contributed by atoms with van der Waals surface area (Å²) in [6.07, 6.45) is -8.06. The number of carbonyl (C=O) groups excluding carboxylic acids is 5. The quantitative estimate of drug-likeness (QED) is 0.0824. The van der Waals surface area contributed by atoms with Gasteiger partial charge in [0, 0.05) is 0 Å². The smallest absolute Gasteiger partial charge is 0.338 e. The van der Waals surface area contributed by atoms with Crippen LogP contribution in [0.1, 0.15) is 79.6 Å². The molecule has 13 nitrogen and oxygen atoms in total. The lowest BCUT2D eigenvalue weighted by molar-refractivity contribution is -0.303. The van der Waals surface area contributed by atoms with E-state index in [0.29, 0.717) is 0 Å². The van der Waals surface area contributed by atoms with Crippen LogP contribution < -0.4 is 0 Å². The SMILES string of the molecule is CS[C@@H]1OC[C@@H](O[C@@H]2OC[C@@H](OC(=O)c3ccc(C)cc3)[C@H](OC(=O)c3ccc(C)cc3)[C@H]2OC(=O)c2ccc(C)cc2)[C@H](OC(=O)c2ccc(C)cc2)[C@H]1OC(=O)c1ccc(C)cc1. The van der Waals surface area contributed by atoms with Gasteiger partial charge < -0.3 is 37.9 Å². The Morgan fingerprint density at radius 2 is 0.692 bits per heavy atom. The van der Waals surface area contributed by atoms with Crippen LogP contribution in [0.25, 0.3) is 0 Å². The van der Waals surface area contributed by atoms with Gasteiger partial charge in [-0.25, -0.2) is 24.0 Å². The van der Waals surface area contributed by atoms with Gasteiger partial charge in [-0.15, -0.1) is 11.8 Å². The van der Waals surface area contributed by atoms with Crippen LogP contribution in [-0.2, 0) is 37.9 Å². The minimum absolute atomic E-state index is 0.161. The molecule has 0 bridgehead atoms. The molecule has 0 saturated carbocycles. The average molecular weight is 903 g/mol. The fourth-order valence-electron chi connectivity index (χ4n) is 7.15. The molecule has 14 heteroatoms. The molecule has 8 atom stereocenters. The van der Waals surface area contributed by atoms with E-state index in [1.165, 1.54) is 11.8 Å². The second kappa shape index (κ2) is 21.1. The maximum Gasteiger partial charge on any atom is 0.338 e. The Morgan fingerprint density at radius 1 is 0.400 bits per heavy atom. The van der Waals surface area contributed by atoms with E-state index in [-0.39, 0.29) is 34.4 Å². The summed E-state index contributed by atoms with van der Waals surface area (Å²) in [6, 6.07) is 33.5. The zero-order chi connectivity index (χ0) is 46.2. The lowest BCUT2D eigenvalue weighted by Crippen LogP contribution is -2.62. The zero-order valence-corrected chi connectivity index (χ0v) is 37.6. The van der Waals surface area contributed by atoms with E-state index < -0.39 is 84.8 Å². The summed E-state index contributed by atoms with van der Waals surface area (Å²) in [4.78, 5) is 69.3. The predicted octanol–water partition coefficient (Wildman–Crippen LogP) is 8.12. The summed E-state index contributed by atoms with van der Waals surface area (Å²) >= 11 is 1.24. The topological polar surface area (TPSA) is 159 Å². The second-order valence-corrected chi connectivity index (χ2v) is 17.0. The minimum atomic E-state index is -1.61. The number of ether oxygens (including phenoxy) is 8. The van der Waals surface area contributed by atoms with Gasteiger partial charge in [0.2, 0.25) is 0 Å². The number of hydrogen-bond donors (Lipinski definition) is 0. The summed E-state index contributed by atoms with van der Waals surface area (Å²) in [6.45, 7) is 8.77. The molecule has 5 aromatic carbocycles. The number of hydrogen-bond acceptors (Lipinski definition) is 14. The van der Waals surface area contributed by atoms with Crippen LogP contribution in [0.3, 0.4) is 0 Å². The lowest BCUT2D eigenvalue weighted by Gasteiger charge is -2.45. The highest BCUT2D eigenvalue weighted by molar-refractivity contribution is 7.99. The molecule has 2 aliphatic rings. The Balaban J connectivity index is 1.26. The van der Waals surface area contributed by atoms with Crippen LogP contribution in [0.15, 0.2) is 121 Å². The Labute approximate surface area is 381 Å². The van der Waals surface area contributed by atoms with Gasteiger partial charge in [0.15, 0.2) is 36.8 Å². The third-order valence-corrected chi connectivity index (χ3v) is 11.8. The second-order valence-electron chi connectivity index (χ2n) is 16.1. The Kier molecular flexibility index (Phi) is 15.2. The molecule has 0 aromatic heterocycles. The van der Waals surface area contributed by atoms with Gasteiger partial charge in [0.05, 0.1) is 41.0 Å². The maximum absolute atomic E-state index is 14.0. The Hall–Kier alpha value is -6.32. The first-order valence-electron chi connectivity index (χ1n) is 21.1. The third kappa shape index (κ3) is 11.7. The summed E-state index contributed by atoms with van der Waals surface area (Å²) in [5, 5.41) is 0. The fourth-order valence-corrected chi connectivity index (χ4v) is 7.85. The third-order valence-electron chi connectivity index (χ3n) is 11.0. The van der Waals surface area contributed by atoms with Gasteiger partial charge in [0.25, 0.3) is 0 Å². The number of esters is 5. The van der Waals surface area contributed by atoms with E-state index in [4.69, 9.17) is 37.9 Å². The zero-order valence-electron chi connectivity index (χ0n) is 36.8. The number of aryl methyl sites for hydroxylation is 5. The van der Waals surface area contributed by atoms with Crippen LogP contribution in [0.2, 0.25) is 0 Å². The van der Waals surface area contributed by atoms with Gasteiger partial charge in [-0.05, 0) is 102 Å². The largest absolute Gasteiger partial charge is 0.452 e. The first kappa shape index (κ1) is 46.7. The van der Waals surface area contributed by atoms with Crippen molar-refractivity contribution < 1.29 is 61.9 Å². The Morgan fingerprint density at radius 3 is 1.05 bits per heavy atom. The van der Waals surface area contributed by atoms with Crippen LogP contribution in [0, 0.1) is 34.6 Å². The van der Waals surface area contributed by atoms with E-state index >= 15 is 0 Å². The highest BCUT2D eigenvalue weighted by Crippen LogP contribution is 2.34. The van der Waals surface area contributed by atoms with Gasteiger partial charge in [-0.2, -0.15) is 0 Å². The molecule has 0 aliphatic carbocycles. The van der Waals surface area contributed by atoms with Gasteiger partial charge in [0.1, 0.15) is 11.5 Å². The standard InChI is InChI=1S/C51H50O13S/c1-29-7-17-34(18-8-29)45(52)59-39-27-57-50(43(63-48(55)37-23-13-32(4)14-24-37)41(39)61-46(53)35-19-9-30(2)10-20-35)60-40-28-58-51(65-6)44(64-49(56)38-25-15-33(5)16-26-38)42(40)62-47(54)36-21-11-31(3)12-22-36/h7-26,39-44,50-51H,27-28H2,1-6H3/t39-,40-,41+,42+,43-,44-,50+,51+/m1/s1.